The predicted molar refractivity (Wildman–Crippen MR) is 78.0 cm³/mol. The summed E-state index contributed by atoms with van der Waals surface area (Å²) in [4.78, 5) is 10.9. The normalized spacial score (nSPS) is 12.2. The number of rotatable bonds is 13. The van der Waals surface area contributed by atoms with Crippen LogP contribution in [0.15, 0.2) is 0 Å². The van der Waals surface area contributed by atoms with Crippen LogP contribution in [0.4, 0.5) is 4.79 Å². The molecular weight excluding hydrogens is 260 g/mol. The molecular formula is C15H30O5. The molecule has 0 N–H and O–H groups in total. The van der Waals surface area contributed by atoms with Gasteiger partial charge in [-0.2, -0.15) is 0 Å². The number of unbranched alkanes of at least 4 members (excludes halogenated alkanes) is 2. The van der Waals surface area contributed by atoms with E-state index in [1.54, 1.807) is 6.92 Å². The number of hydrogen-bond donors (Lipinski definition) is 0. The summed E-state index contributed by atoms with van der Waals surface area (Å²) in [5.74, 6) is 0. The van der Waals surface area contributed by atoms with Crippen LogP contribution in [0.3, 0.4) is 0 Å². The molecule has 5 heteroatoms. The summed E-state index contributed by atoms with van der Waals surface area (Å²) >= 11 is 0. The molecule has 120 valence electrons. The third kappa shape index (κ3) is 12.2. The molecule has 0 rings (SSSR count). The lowest BCUT2D eigenvalue weighted by Crippen LogP contribution is -2.20. The van der Waals surface area contributed by atoms with E-state index in [0.717, 1.165) is 38.7 Å². The molecule has 0 heterocycles. The Morgan fingerprint density at radius 3 is 2.35 bits per heavy atom. The van der Waals surface area contributed by atoms with E-state index in [2.05, 4.69) is 18.6 Å². The second kappa shape index (κ2) is 14.6. The van der Waals surface area contributed by atoms with E-state index in [9.17, 15) is 4.79 Å². The first-order chi connectivity index (χ1) is 9.74. The molecule has 0 aliphatic heterocycles. The van der Waals surface area contributed by atoms with Crippen molar-refractivity contribution in [3.05, 3.63) is 0 Å². The average molecular weight is 290 g/mol. The van der Waals surface area contributed by atoms with Gasteiger partial charge in [-0.15, -0.1) is 0 Å². The van der Waals surface area contributed by atoms with Crippen molar-refractivity contribution in [2.24, 2.45) is 0 Å². The minimum atomic E-state index is -0.594. The molecule has 0 radical (unpaired) electrons. The lowest BCUT2D eigenvalue weighted by molar-refractivity contribution is -0.0204. The van der Waals surface area contributed by atoms with Crippen LogP contribution >= 0.6 is 0 Å². The molecule has 0 saturated heterocycles. The van der Waals surface area contributed by atoms with Crippen LogP contribution in [0.25, 0.3) is 0 Å². The molecule has 0 amide bonds. The van der Waals surface area contributed by atoms with Gasteiger partial charge in [0.05, 0.1) is 25.9 Å². The van der Waals surface area contributed by atoms with Gasteiger partial charge in [0, 0.05) is 13.2 Å². The summed E-state index contributed by atoms with van der Waals surface area (Å²) in [6, 6.07) is 0. The van der Waals surface area contributed by atoms with Crippen molar-refractivity contribution < 1.29 is 23.7 Å². The number of carbonyl (C=O) groups excluding carboxylic acids is 1. The zero-order valence-corrected chi connectivity index (χ0v) is 13.2. The quantitative estimate of drug-likeness (QED) is 0.383. The van der Waals surface area contributed by atoms with E-state index in [1.165, 1.54) is 0 Å². The van der Waals surface area contributed by atoms with Gasteiger partial charge in [-0.3, -0.25) is 0 Å². The minimum absolute atomic E-state index is 0.192. The topological polar surface area (TPSA) is 54.0 Å². The van der Waals surface area contributed by atoms with Crippen LogP contribution in [-0.4, -0.2) is 45.3 Å². The Morgan fingerprint density at radius 2 is 1.70 bits per heavy atom. The summed E-state index contributed by atoms with van der Waals surface area (Å²) in [5, 5.41) is 0. The van der Waals surface area contributed by atoms with Gasteiger partial charge in [-0.1, -0.05) is 20.3 Å². The Morgan fingerprint density at radius 1 is 0.950 bits per heavy atom. The Hall–Kier alpha value is -0.810. The Bertz CT molecular complexity index is 220. The van der Waals surface area contributed by atoms with Crippen molar-refractivity contribution in [3.8, 4) is 0 Å². The van der Waals surface area contributed by atoms with Crippen molar-refractivity contribution >= 4 is 6.16 Å². The van der Waals surface area contributed by atoms with E-state index in [-0.39, 0.29) is 6.10 Å². The molecule has 0 aliphatic carbocycles. The van der Waals surface area contributed by atoms with Crippen LogP contribution in [0.1, 0.15) is 52.9 Å². The third-order valence-corrected chi connectivity index (χ3v) is 2.78. The highest BCUT2D eigenvalue weighted by Crippen LogP contribution is 2.02. The zero-order valence-electron chi connectivity index (χ0n) is 13.2. The van der Waals surface area contributed by atoms with Gasteiger partial charge < -0.3 is 18.9 Å². The summed E-state index contributed by atoms with van der Waals surface area (Å²) in [5.41, 5.74) is 0. The standard InChI is InChI=1S/C15H30O5/c1-4-7-11-19-14(5-2)13-17-10-8-9-12-20-15(16)18-6-3/h14H,4-13H2,1-3H3. The van der Waals surface area contributed by atoms with Gasteiger partial charge in [0.25, 0.3) is 0 Å². The summed E-state index contributed by atoms with van der Waals surface area (Å²) in [6.45, 7) is 8.85. The van der Waals surface area contributed by atoms with Crippen LogP contribution < -0.4 is 0 Å². The van der Waals surface area contributed by atoms with Crippen molar-refractivity contribution in [3.63, 3.8) is 0 Å². The van der Waals surface area contributed by atoms with E-state index in [4.69, 9.17) is 14.2 Å². The molecule has 5 nitrogen and oxygen atoms in total. The molecule has 0 fully saturated rings. The highest BCUT2D eigenvalue weighted by Gasteiger charge is 2.06. The molecule has 1 atom stereocenters. The fourth-order valence-corrected chi connectivity index (χ4v) is 1.51. The van der Waals surface area contributed by atoms with Crippen LogP contribution in [-0.2, 0) is 18.9 Å². The molecule has 1 unspecified atom stereocenters. The van der Waals surface area contributed by atoms with E-state index in [1.807, 2.05) is 0 Å². The second-order valence-electron chi connectivity index (χ2n) is 4.57. The monoisotopic (exact) mass is 290 g/mol. The SMILES string of the molecule is CCCCOC(CC)COCCCCOC(=O)OCC. The first-order valence-electron chi connectivity index (χ1n) is 7.73. The second-order valence-corrected chi connectivity index (χ2v) is 4.57. The van der Waals surface area contributed by atoms with Crippen molar-refractivity contribution in [2.45, 2.75) is 59.0 Å². The van der Waals surface area contributed by atoms with E-state index < -0.39 is 6.16 Å². The molecule has 20 heavy (non-hydrogen) atoms. The van der Waals surface area contributed by atoms with Crippen molar-refractivity contribution in [2.75, 3.05) is 33.0 Å². The van der Waals surface area contributed by atoms with E-state index in [0.29, 0.717) is 26.4 Å². The van der Waals surface area contributed by atoms with Crippen LogP contribution in [0.2, 0.25) is 0 Å². The molecule has 0 aromatic rings. The molecule has 0 aromatic carbocycles. The smallest absolute Gasteiger partial charge is 0.435 e. The number of hydrogen-bond acceptors (Lipinski definition) is 5. The van der Waals surface area contributed by atoms with Crippen LogP contribution in [0, 0.1) is 0 Å². The van der Waals surface area contributed by atoms with Gasteiger partial charge in [0.1, 0.15) is 0 Å². The fourth-order valence-electron chi connectivity index (χ4n) is 1.51. The highest BCUT2D eigenvalue weighted by molar-refractivity contribution is 5.59. The maximum absolute atomic E-state index is 10.9. The van der Waals surface area contributed by atoms with Gasteiger partial charge >= 0.3 is 6.16 Å². The maximum Gasteiger partial charge on any atom is 0.508 e. The molecule has 0 bridgehead atoms. The van der Waals surface area contributed by atoms with Gasteiger partial charge in [-0.25, -0.2) is 4.79 Å². The molecule has 0 aromatic heterocycles. The van der Waals surface area contributed by atoms with Gasteiger partial charge in [0.2, 0.25) is 0 Å². The average Bonchev–Trinajstić information content (AvgIpc) is 2.44. The summed E-state index contributed by atoms with van der Waals surface area (Å²) in [6.07, 6.45) is 4.47. The first-order valence-corrected chi connectivity index (χ1v) is 7.73. The summed E-state index contributed by atoms with van der Waals surface area (Å²) in [7, 11) is 0. The predicted octanol–water partition coefficient (Wildman–Crippen LogP) is 3.55. The Labute approximate surface area is 122 Å². The summed E-state index contributed by atoms with van der Waals surface area (Å²) < 4.78 is 20.8. The zero-order chi connectivity index (χ0) is 15.1. The van der Waals surface area contributed by atoms with E-state index >= 15 is 0 Å². The lowest BCUT2D eigenvalue weighted by Gasteiger charge is -2.16. The van der Waals surface area contributed by atoms with Gasteiger partial charge in [-0.05, 0) is 32.6 Å². The van der Waals surface area contributed by atoms with Crippen molar-refractivity contribution in [1.29, 1.82) is 0 Å². The Kier molecular flexibility index (Phi) is 14.0. The maximum atomic E-state index is 10.9. The third-order valence-electron chi connectivity index (χ3n) is 2.78. The number of carbonyl (C=O) groups is 1. The molecule has 0 spiro atoms. The number of ether oxygens (including phenoxy) is 4. The van der Waals surface area contributed by atoms with Gasteiger partial charge in [0.15, 0.2) is 0 Å². The highest BCUT2D eigenvalue weighted by atomic mass is 16.7. The van der Waals surface area contributed by atoms with Crippen molar-refractivity contribution in [1.82, 2.24) is 0 Å². The largest absolute Gasteiger partial charge is 0.508 e. The molecule has 0 saturated carbocycles. The lowest BCUT2D eigenvalue weighted by atomic mass is 10.3. The van der Waals surface area contributed by atoms with Crippen LogP contribution in [0.5, 0.6) is 0 Å². The minimum Gasteiger partial charge on any atom is -0.435 e. The Balaban J connectivity index is 3.34. The fraction of sp³-hybridized carbons (Fsp3) is 0.933. The first kappa shape index (κ1) is 19.2. The molecule has 0 aliphatic rings.